The molecule has 0 bridgehead atoms. The molecule has 1 aliphatic carbocycles. The number of benzene rings is 1. The predicted molar refractivity (Wildman–Crippen MR) is 121 cm³/mol. The number of halogens is 2. The second-order valence-electron chi connectivity index (χ2n) is 6.86. The zero-order valence-electron chi connectivity index (χ0n) is 17.6. The number of aromatic nitrogens is 1. The highest BCUT2D eigenvalue weighted by molar-refractivity contribution is 7.89. The van der Waals surface area contributed by atoms with Gasteiger partial charge in [-0.25, -0.2) is 23.5 Å². The number of ketones is 2. The van der Waals surface area contributed by atoms with E-state index >= 15 is 0 Å². The smallest absolute Gasteiger partial charge is 0.360 e. The van der Waals surface area contributed by atoms with E-state index in [0.29, 0.717) is 5.82 Å². The van der Waals surface area contributed by atoms with Crippen LogP contribution in [-0.4, -0.2) is 47.5 Å². The lowest BCUT2D eigenvalue weighted by Crippen LogP contribution is -2.37. The van der Waals surface area contributed by atoms with Crippen LogP contribution in [0.25, 0.3) is 5.76 Å². The molecular weight excluding hydrogens is 525 g/mol. The number of aromatic amines is 1. The Bertz CT molecular complexity index is 1390. The molecule has 11 nitrogen and oxygen atoms in total. The third kappa shape index (κ3) is 4.71. The molecule has 1 amide bonds. The van der Waals surface area contributed by atoms with E-state index in [4.69, 9.17) is 28.3 Å². The molecule has 0 atom stereocenters. The zero-order valence-corrected chi connectivity index (χ0v) is 19.9. The van der Waals surface area contributed by atoms with Crippen molar-refractivity contribution < 1.29 is 43.1 Å². The van der Waals surface area contributed by atoms with Crippen molar-refractivity contribution in [3.05, 3.63) is 81.5 Å². The number of nitrogens with zero attached hydrogens (tertiary/aromatic N) is 1. The minimum absolute atomic E-state index is 0.0391. The Hall–Kier alpha value is -3.87. The van der Waals surface area contributed by atoms with E-state index in [-0.39, 0.29) is 21.9 Å². The van der Waals surface area contributed by atoms with Crippen LogP contribution in [0, 0.1) is 0 Å². The topological polar surface area (TPSA) is 178 Å². The van der Waals surface area contributed by atoms with Crippen molar-refractivity contribution in [1.82, 2.24) is 4.31 Å². The first-order chi connectivity index (χ1) is 16.4. The molecule has 1 aromatic carbocycles. The average Bonchev–Trinajstić information content (AvgIpc) is 2.85. The van der Waals surface area contributed by atoms with Crippen LogP contribution in [0.1, 0.15) is 5.56 Å². The fraction of sp³-hybridized carbons (Fsp3) is 0.0476. The van der Waals surface area contributed by atoms with Crippen molar-refractivity contribution in [2.75, 3.05) is 12.4 Å². The van der Waals surface area contributed by atoms with Crippen molar-refractivity contribution in [1.29, 1.82) is 0 Å². The molecule has 2 heterocycles. The quantitative estimate of drug-likeness (QED) is 0.472. The van der Waals surface area contributed by atoms with Crippen molar-refractivity contribution in [3.8, 4) is 0 Å². The van der Waals surface area contributed by atoms with Gasteiger partial charge < -0.3 is 15.3 Å². The Labute approximate surface area is 208 Å². The van der Waals surface area contributed by atoms with Gasteiger partial charge in [-0.2, -0.15) is 0 Å². The van der Waals surface area contributed by atoms with Crippen LogP contribution in [0.4, 0.5) is 5.82 Å². The van der Waals surface area contributed by atoms with E-state index in [1.165, 1.54) is 19.2 Å². The number of H-pyrrole nitrogens is 1. The zero-order chi connectivity index (χ0) is 26.1. The van der Waals surface area contributed by atoms with Gasteiger partial charge in [0.15, 0.2) is 23.0 Å². The lowest BCUT2D eigenvalue weighted by molar-refractivity contribution is -0.360. The Kier molecular flexibility index (Phi) is 7.19. The molecule has 1 aromatic heterocycles. The van der Waals surface area contributed by atoms with Crippen molar-refractivity contribution in [2.45, 2.75) is 4.90 Å². The summed E-state index contributed by atoms with van der Waals surface area (Å²) in [5.74, 6) is -5.19. The number of nitrogens with one attached hydrogen (secondary N) is 2. The van der Waals surface area contributed by atoms with Gasteiger partial charge >= 0.3 is 5.91 Å². The first-order valence-electron chi connectivity index (χ1n) is 9.44. The third-order valence-electron chi connectivity index (χ3n) is 4.72. The second-order valence-corrected chi connectivity index (χ2v) is 9.55. The molecule has 2 aliphatic rings. The van der Waals surface area contributed by atoms with Crippen LogP contribution in [-0.2, 0) is 24.4 Å². The number of anilines is 1. The molecule has 4 N–H and O–H groups in total. The van der Waals surface area contributed by atoms with Crippen LogP contribution < -0.4 is 15.4 Å². The van der Waals surface area contributed by atoms with Gasteiger partial charge in [-0.05, 0) is 24.0 Å². The van der Waals surface area contributed by atoms with Crippen LogP contribution in [0.5, 0.6) is 0 Å². The largest absolute Gasteiger partial charge is 0.869 e. The van der Waals surface area contributed by atoms with Gasteiger partial charge in [0.25, 0.3) is 15.8 Å². The number of hydrogen-bond donors (Lipinski definition) is 3. The van der Waals surface area contributed by atoms with Gasteiger partial charge in [-0.1, -0.05) is 41.4 Å². The average molecular weight is 540 g/mol. The summed E-state index contributed by atoms with van der Waals surface area (Å²) in [5, 5.41) is 30.8. The fourth-order valence-electron chi connectivity index (χ4n) is 2.95. The molecule has 4 rings (SSSR count). The lowest BCUT2D eigenvalue weighted by Gasteiger charge is -2.27. The van der Waals surface area contributed by atoms with Gasteiger partial charge in [-0.3, -0.25) is 13.9 Å². The molecule has 182 valence electrons. The number of Topliss-reactive ketones (excluding diaryl/α,β-unsaturated/α-hetero) is 2. The number of pyridine rings is 1. The number of fused-ring (bicyclic) bond motifs is 1. The third-order valence-corrected chi connectivity index (χ3v) is 7.23. The van der Waals surface area contributed by atoms with Crippen LogP contribution >= 0.6 is 23.2 Å². The highest BCUT2D eigenvalue weighted by Gasteiger charge is 2.39. The van der Waals surface area contributed by atoms with E-state index in [9.17, 15) is 33.0 Å². The van der Waals surface area contributed by atoms with Gasteiger partial charge in [0.1, 0.15) is 5.03 Å². The van der Waals surface area contributed by atoms with E-state index < -0.39 is 49.1 Å². The molecule has 0 unspecified atom stereocenters. The van der Waals surface area contributed by atoms with Crippen LogP contribution in [0.15, 0.2) is 80.8 Å². The normalized spacial score (nSPS) is 17.1. The minimum atomic E-state index is -3.90. The first-order valence-corrected chi connectivity index (χ1v) is 11.6. The number of allylic oxidation sites excluding steroid dienone is 2. The van der Waals surface area contributed by atoms with Crippen LogP contribution in [0.3, 0.4) is 0 Å². The Morgan fingerprint density at radius 1 is 1.00 bits per heavy atom. The number of carbonyl (C=O) groups excluding carboxylic acids is 3. The second kappa shape index (κ2) is 9.78. The van der Waals surface area contributed by atoms with Gasteiger partial charge in [0.05, 0.1) is 16.1 Å². The van der Waals surface area contributed by atoms with Gasteiger partial charge in [-0.15, -0.1) is 0 Å². The number of aliphatic hydroxyl groups excluding tert-OH is 2. The number of sulfonamides is 1. The van der Waals surface area contributed by atoms with Crippen LogP contribution in [0.2, 0.25) is 0 Å². The summed E-state index contributed by atoms with van der Waals surface area (Å²) in [7, 11) is -2.67. The molecule has 0 spiro atoms. The minimum Gasteiger partial charge on any atom is -0.869 e. The highest BCUT2D eigenvalue weighted by atomic mass is 35.5. The van der Waals surface area contributed by atoms with Gasteiger partial charge in [0.2, 0.25) is 5.78 Å². The van der Waals surface area contributed by atoms with E-state index in [0.717, 1.165) is 4.31 Å². The fourth-order valence-corrected chi connectivity index (χ4v) is 4.69. The summed E-state index contributed by atoms with van der Waals surface area (Å²) in [6.45, 7) is 0. The predicted octanol–water partition coefficient (Wildman–Crippen LogP) is 0.957. The summed E-state index contributed by atoms with van der Waals surface area (Å²) >= 11 is 10.3. The lowest BCUT2D eigenvalue weighted by atomic mass is 10.1. The maximum Gasteiger partial charge on any atom is 0.360 e. The highest BCUT2D eigenvalue weighted by Crippen LogP contribution is 2.34. The summed E-state index contributed by atoms with van der Waals surface area (Å²) in [5.41, 5.74) is -0.228. The first kappa shape index (κ1) is 25.7. The summed E-state index contributed by atoms with van der Waals surface area (Å²) in [6, 6.07) is 11.0. The van der Waals surface area contributed by atoms with E-state index in [1.807, 2.05) is 0 Å². The van der Waals surface area contributed by atoms with Gasteiger partial charge in [0, 0.05) is 18.7 Å². The molecule has 2 aromatic rings. The maximum atomic E-state index is 12.5. The monoisotopic (exact) mass is 539 g/mol. The summed E-state index contributed by atoms with van der Waals surface area (Å²) in [4.78, 5) is 36.7. The summed E-state index contributed by atoms with van der Waals surface area (Å²) < 4.78 is 25.8. The Morgan fingerprint density at radius 2 is 1.63 bits per heavy atom. The van der Waals surface area contributed by atoms with Crippen molar-refractivity contribution in [2.24, 2.45) is 0 Å². The molecule has 14 heteroatoms. The number of likely N-dealkylation sites (N-methyl/N-ethyl adjacent to an activating group) is 1. The number of aliphatic hydroxyl groups is 2. The Morgan fingerprint density at radius 3 is 2.26 bits per heavy atom. The summed E-state index contributed by atoms with van der Waals surface area (Å²) in [6.07, 6.45) is 1.61. The molecule has 0 saturated carbocycles. The molecule has 0 radical (unpaired) electrons. The molecule has 0 saturated heterocycles. The number of carbonyl (C=O) groups is 3. The SMILES string of the molecule is CN1C(C(=O)Nc2cccc[nH+]2)=C(O)c2ccccc2S1(=O)=O.O=C1C(O)=C(Cl)C(=O)C([O-])=C1Cl. The molecular formula is C21H15Cl2N3O8S. The van der Waals surface area contributed by atoms with E-state index in [1.54, 1.807) is 36.5 Å². The standard InChI is InChI=1S/C15H13N3O4S.C6H2Cl2O4/c1-18-13(15(20)17-12-8-4-5-9-16-12)14(19)10-6-2-3-7-11(10)23(18,21)22;7-1-3(9)5(11)2(8)6(12)4(1)10/h2-9,19H,1H3,(H,16,17,20);9,12H. The van der Waals surface area contributed by atoms with Crippen molar-refractivity contribution in [3.63, 3.8) is 0 Å². The molecule has 0 fully saturated rings. The Balaban J connectivity index is 0.000000241. The van der Waals surface area contributed by atoms with Crippen molar-refractivity contribution >= 4 is 62.3 Å². The number of hydrogen-bond acceptors (Lipinski definition) is 8. The molecule has 1 aliphatic heterocycles. The van der Waals surface area contributed by atoms with E-state index in [2.05, 4.69) is 10.3 Å². The maximum absolute atomic E-state index is 12.5. The molecule has 35 heavy (non-hydrogen) atoms. The number of amides is 1. The number of rotatable bonds is 2.